The Balaban J connectivity index is 2.09. The van der Waals surface area contributed by atoms with Crippen molar-refractivity contribution in [2.24, 2.45) is 5.84 Å². The Morgan fingerprint density at radius 1 is 1.42 bits per heavy atom. The van der Waals surface area contributed by atoms with Gasteiger partial charge in [0.05, 0.1) is 10.7 Å². The Labute approximate surface area is 119 Å². The van der Waals surface area contributed by atoms with Crippen LogP contribution in [0.1, 0.15) is 19.5 Å². The van der Waals surface area contributed by atoms with Gasteiger partial charge in [-0.15, -0.1) is 0 Å². The van der Waals surface area contributed by atoms with Gasteiger partial charge < -0.3 is 5.43 Å². The monoisotopic (exact) mass is 283 g/mol. The minimum Gasteiger partial charge on any atom is -0.308 e. The van der Waals surface area contributed by atoms with Gasteiger partial charge in [-0.25, -0.2) is 10.8 Å². The number of rotatable bonds is 3. The maximum Gasteiger partial charge on any atom is 0.140 e. The normalized spacial score (nSPS) is 20.5. The number of aromatic nitrogens is 1. The van der Waals surface area contributed by atoms with Crippen LogP contribution in [0.25, 0.3) is 0 Å². The summed E-state index contributed by atoms with van der Waals surface area (Å²) < 4.78 is 0. The van der Waals surface area contributed by atoms with E-state index in [-0.39, 0.29) is 5.54 Å². The number of anilines is 1. The van der Waals surface area contributed by atoms with Crippen molar-refractivity contribution in [1.82, 2.24) is 14.8 Å². The van der Waals surface area contributed by atoms with E-state index in [4.69, 9.17) is 17.4 Å². The number of hydrogen-bond donors (Lipinski definition) is 2. The average molecular weight is 284 g/mol. The molecule has 0 radical (unpaired) electrons. The summed E-state index contributed by atoms with van der Waals surface area (Å²) in [5.74, 6) is 6.03. The van der Waals surface area contributed by atoms with Crippen LogP contribution in [0.5, 0.6) is 0 Å². The number of likely N-dealkylation sites (N-methyl/N-ethyl adjacent to an activating group) is 1. The Hall–Kier alpha value is -0.880. The predicted octanol–water partition coefficient (Wildman–Crippen LogP) is 1.55. The third kappa shape index (κ3) is 3.36. The molecule has 0 spiro atoms. The van der Waals surface area contributed by atoms with Crippen molar-refractivity contribution >= 4 is 17.4 Å². The van der Waals surface area contributed by atoms with Crippen LogP contribution in [0.3, 0.4) is 0 Å². The minimum atomic E-state index is 0.175. The lowest BCUT2D eigenvalue weighted by atomic mass is 9.99. The molecular formula is C13H22ClN5. The fraction of sp³-hybridized carbons (Fsp3) is 0.615. The second kappa shape index (κ2) is 5.63. The van der Waals surface area contributed by atoms with Crippen molar-refractivity contribution in [1.29, 1.82) is 0 Å². The van der Waals surface area contributed by atoms with Crippen molar-refractivity contribution in [3.05, 3.63) is 22.8 Å². The molecule has 0 unspecified atom stereocenters. The molecule has 106 valence electrons. The summed E-state index contributed by atoms with van der Waals surface area (Å²) in [6.45, 7) is 8.35. The molecule has 2 rings (SSSR count). The zero-order valence-electron chi connectivity index (χ0n) is 11.8. The first-order chi connectivity index (χ1) is 8.92. The van der Waals surface area contributed by atoms with Crippen LogP contribution >= 0.6 is 11.6 Å². The fourth-order valence-electron chi connectivity index (χ4n) is 2.36. The third-order valence-electron chi connectivity index (χ3n) is 3.84. The van der Waals surface area contributed by atoms with Gasteiger partial charge in [0, 0.05) is 31.7 Å². The maximum absolute atomic E-state index is 6.20. The predicted molar refractivity (Wildman–Crippen MR) is 79.0 cm³/mol. The van der Waals surface area contributed by atoms with E-state index in [0.29, 0.717) is 10.8 Å². The number of pyridine rings is 1. The number of nitrogens with one attached hydrogen (secondary N) is 1. The van der Waals surface area contributed by atoms with E-state index in [1.54, 1.807) is 6.07 Å². The Kier molecular flexibility index (Phi) is 4.30. The molecule has 0 atom stereocenters. The van der Waals surface area contributed by atoms with E-state index < -0.39 is 0 Å². The molecule has 1 aromatic rings. The van der Waals surface area contributed by atoms with Crippen LogP contribution in [0.2, 0.25) is 5.02 Å². The van der Waals surface area contributed by atoms with Gasteiger partial charge in [-0.05, 0) is 33.0 Å². The molecule has 5 nitrogen and oxygen atoms in total. The van der Waals surface area contributed by atoms with Crippen LogP contribution in [-0.4, -0.2) is 47.0 Å². The fourth-order valence-corrected chi connectivity index (χ4v) is 2.53. The summed E-state index contributed by atoms with van der Waals surface area (Å²) in [7, 11) is 2.17. The summed E-state index contributed by atoms with van der Waals surface area (Å²) in [6, 6.07) is 3.61. The SMILES string of the molecule is CN1CCN(Cc2nc(NN)ccc2Cl)CC1(C)C. The zero-order chi connectivity index (χ0) is 14.0. The second-order valence-electron chi connectivity index (χ2n) is 5.71. The van der Waals surface area contributed by atoms with Gasteiger partial charge in [-0.2, -0.15) is 0 Å². The molecule has 0 aliphatic carbocycles. The van der Waals surface area contributed by atoms with Gasteiger partial charge in [0.15, 0.2) is 0 Å². The van der Waals surface area contributed by atoms with E-state index in [1.165, 1.54) is 0 Å². The smallest absolute Gasteiger partial charge is 0.140 e. The number of nitrogens with two attached hydrogens (primary N) is 1. The summed E-state index contributed by atoms with van der Waals surface area (Å²) in [6.07, 6.45) is 0. The number of halogens is 1. The average Bonchev–Trinajstić information content (AvgIpc) is 2.36. The van der Waals surface area contributed by atoms with Gasteiger partial charge in [0.1, 0.15) is 5.82 Å². The number of hydrazine groups is 1. The van der Waals surface area contributed by atoms with Gasteiger partial charge >= 0.3 is 0 Å². The molecular weight excluding hydrogens is 262 g/mol. The molecule has 0 aromatic carbocycles. The molecule has 19 heavy (non-hydrogen) atoms. The van der Waals surface area contributed by atoms with E-state index in [1.807, 2.05) is 6.07 Å². The molecule has 0 amide bonds. The molecule has 1 aliphatic heterocycles. The molecule has 1 aromatic heterocycles. The van der Waals surface area contributed by atoms with Crippen molar-refractivity contribution in [3.8, 4) is 0 Å². The molecule has 0 bridgehead atoms. The van der Waals surface area contributed by atoms with Gasteiger partial charge in [0.25, 0.3) is 0 Å². The molecule has 1 fully saturated rings. The minimum absolute atomic E-state index is 0.175. The highest BCUT2D eigenvalue weighted by Gasteiger charge is 2.31. The first-order valence-corrected chi connectivity index (χ1v) is 6.86. The summed E-state index contributed by atoms with van der Waals surface area (Å²) in [5.41, 5.74) is 3.61. The largest absolute Gasteiger partial charge is 0.308 e. The summed E-state index contributed by atoms with van der Waals surface area (Å²) in [5, 5.41) is 0.690. The Morgan fingerprint density at radius 3 is 2.79 bits per heavy atom. The van der Waals surface area contributed by atoms with Crippen molar-refractivity contribution in [3.63, 3.8) is 0 Å². The number of piperazine rings is 1. The lowest BCUT2D eigenvalue weighted by Gasteiger charge is -2.45. The third-order valence-corrected chi connectivity index (χ3v) is 4.18. The van der Waals surface area contributed by atoms with Crippen molar-refractivity contribution in [2.75, 3.05) is 32.1 Å². The first-order valence-electron chi connectivity index (χ1n) is 6.48. The highest BCUT2D eigenvalue weighted by molar-refractivity contribution is 6.31. The van der Waals surface area contributed by atoms with Crippen LogP contribution in [0.4, 0.5) is 5.82 Å². The summed E-state index contributed by atoms with van der Waals surface area (Å²) in [4.78, 5) is 9.20. The van der Waals surface area contributed by atoms with Crippen molar-refractivity contribution in [2.45, 2.75) is 25.9 Å². The van der Waals surface area contributed by atoms with Crippen LogP contribution in [0, 0.1) is 0 Å². The second-order valence-corrected chi connectivity index (χ2v) is 6.12. The first kappa shape index (κ1) is 14.5. The topological polar surface area (TPSA) is 57.4 Å². The van der Waals surface area contributed by atoms with E-state index >= 15 is 0 Å². The quantitative estimate of drug-likeness (QED) is 0.651. The molecule has 6 heteroatoms. The van der Waals surface area contributed by atoms with Crippen molar-refractivity contribution < 1.29 is 0 Å². The summed E-state index contributed by atoms with van der Waals surface area (Å²) >= 11 is 6.20. The van der Waals surface area contributed by atoms with E-state index in [2.05, 4.69) is 41.1 Å². The molecule has 3 N–H and O–H groups in total. The molecule has 1 saturated heterocycles. The molecule has 1 aliphatic rings. The Bertz CT molecular complexity index is 449. The number of nitrogens with zero attached hydrogens (tertiary/aromatic N) is 3. The van der Waals surface area contributed by atoms with Gasteiger partial charge in [0.2, 0.25) is 0 Å². The van der Waals surface area contributed by atoms with E-state index in [0.717, 1.165) is 31.9 Å². The zero-order valence-corrected chi connectivity index (χ0v) is 12.5. The van der Waals surface area contributed by atoms with E-state index in [9.17, 15) is 0 Å². The van der Waals surface area contributed by atoms with Crippen LogP contribution in [-0.2, 0) is 6.54 Å². The number of nitrogen functional groups attached to an aromatic ring is 1. The number of hydrogen-bond acceptors (Lipinski definition) is 5. The lowest BCUT2D eigenvalue weighted by Crippen LogP contribution is -2.57. The standard InChI is InChI=1S/C13H22ClN5/c1-13(2)9-19(7-6-18(13)3)8-11-10(14)4-5-12(16-11)17-15/h4-5H,6-9,15H2,1-3H3,(H,16,17). The lowest BCUT2D eigenvalue weighted by molar-refractivity contribution is 0.0354. The van der Waals surface area contributed by atoms with Crippen LogP contribution in [0.15, 0.2) is 12.1 Å². The Morgan fingerprint density at radius 2 is 2.16 bits per heavy atom. The van der Waals surface area contributed by atoms with Gasteiger partial charge in [-0.1, -0.05) is 11.6 Å². The maximum atomic E-state index is 6.20. The van der Waals surface area contributed by atoms with Gasteiger partial charge in [-0.3, -0.25) is 9.80 Å². The molecule has 2 heterocycles. The van der Waals surface area contributed by atoms with Crippen LogP contribution < -0.4 is 11.3 Å². The highest BCUT2D eigenvalue weighted by Crippen LogP contribution is 2.23. The highest BCUT2D eigenvalue weighted by atomic mass is 35.5. The molecule has 0 saturated carbocycles.